The van der Waals surface area contributed by atoms with Crippen LogP contribution in [0.4, 0.5) is 5.69 Å². The first-order valence-corrected chi connectivity index (χ1v) is 7.93. The van der Waals surface area contributed by atoms with Crippen LogP contribution in [0.3, 0.4) is 0 Å². The van der Waals surface area contributed by atoms with Crippen molar-refractivity contribution in [1.29, 1.82) is 0 Å². The number of nitro groups is 1. The lowest BCUT2D eigenvalue weighted by Crippen LogP contribution is -2.19. The molecule has 1 aromatic carbocycles. The topological polar surface area (TPSA) is 83.1 Å². The minimum atomic E-state index is -0.385. The van der Waals surface area contributed by atoms with E-state index in [-0.39, 0.29) is 16.8 Å². The number of benzene rings is 1. The van der Waals surface area contributed by atoms with Crippen molar-refractivity contribution in [3.05, 3.63) is 52.8 Å². The molecule has 1 fully saturated rings. The van der Waals surface area contributed by atoms with Gasteiger partial charge in [0.15, 0.2) is 6.23 Å². The Kier molecular flexibility index (Phi) is 3.70. The molecule has 1 atom stereocenters. The number of hydrogen-bond donors (Lipinski definition) is 0. The van der Waals surface area contributed by atoms with Crippen molar-refractivity contribution in [2.24, 2.45) is 0 Å². The molecule has 7 nitrogen and oxygen atoms in total. The summed E-state index contributed by atoms with van der Waals surface area (Å²) in [7, 11) is 0. The van der Waals surface area contributed by atoms with Crippen LogP contribution >= 0.6 is 0 Å². The van der Waals surface area contributed by atoms with Crippen LogP contribution in [0.2, 0.25) is 0 Å². The zero-order valence-electron chi connectivity index (χ0n) is 13.0. The van der Waals surface area contributed by atoms with E-state index >= 15 is 0 Å². The highest BCUT2D eigenvalue weighted by molar-refractivity contribution is 5.94. The summed E-state index contributed by atoms with van der Waals surface area (Å²) < 4.78 is 7.71. The number of nitrogens with zero attached hydrogens (tertiary/aromatic N) is 4. The van der Waals surface area contributed by atoms with E-state index in [9.17, 15) is 10.1 Å². The SMILES string of the molecule is O=[N+]([O-])c1ccc2c(c1)c(-c1ccncc1)nn2[C@H]1CCCCO1. The fourth-order valence-electron chi connectivity index (χ4n) is 3.10. The molecule has 0 spiro atoms. The van der Waals surface area contributed by atoms with E-state index < -0.39 is 0 Å². The van der Waals surface area contributed by atoms with E-state index in [0.29, 0.717) is 12.3 Å². The van der Waals surface area contributed by atoms with Crippen LogP contribution in [-0.4, -0.2) is 26.3 Å². The van der Waals surface area contributed by atoms with Crippen molar-refractivity contribution in [1.82, 2.24) is 14.8 Å². The van der Waals surface area contributed by atoms with Gasteiger partial charge in [0.1, 0.15) is 5.69 Å². The van der Waals surface area contributed by atoms with Gasteiger partial charge in [-0.05, 0) is 37.5 Å². The van der Waals surface area contributed by atoms with Crippen molar-refractivity contribution in [2.45, 2.75) is 25.5 Å². The number of nitro benzene ring substituents is 1. The zero-order valence-corrected chi connectivity index (χ0v) is 13.0. The van der Waals surface area contributed by atoms with Gasteiger partial charge in [-0.25, -0.2) is 4.68 Å². The maximum Gasteiger partial charge on any atom is 0.270 e. The average Bonchev–Trinajstić information content (AvgIpc) is 3.02. The van der Waals surface area contributed by atoms with Crippen LogP contribution in [0.5, 0.6) is 0 Å². The molecule has 1 aliphatic heterocycles. The molecule has 0 radical (unpaired) electrons. The molecule has 0 aliphatic carbocycles. The molecule has 4 rings (SSSR count). The number of aromatic nitrogens is 3. The van der Waals surface area contributed by atoms with Crippen molar-refractivity contribution >= 4 is 16.6 Å². The highest BCUT2D eigenvalue weighted by Gasteiger charge is 2.23. The number of pyridine rings is 1. The van der Waals surface area contributed by atoms with Crippen molar-refractivity contribution in [3.63, 3.8) is 0 Å². The normalized spacial score (nSPS) is 17.9. The fourth-order valence-corrected chi connectivity index (χ4v) is 3.10. The lowest BCUT2D eigenvalue weighted by atomic mass is 10.1. The number of fused-ring (bicyclic) bond motifs is 1. The highest BCUT2D eigenvalue weighted by Crippen LogP contribution is 2.34. The Morgan fingerprint density at radius 2 is 2.04 bits per heavy atom. The standard InChI is InChI=1S/C17H16N4O3/c22-21(23)13-4-5-15-14(11-13)17(12-6-8-18-9-7-12)19-20(15)16-3-1-2-10-24-16/h4-9,11,16H,1-3,10H2/t16-/m1/s1. The van der Waals surface area contributed by atoms with Gasteiger partial charge in [0, 0.05) is 42.1 Å². The first-order valence-electron chi connectivity index (χ1n) is 7.93. The molecule has 1 aliphatic rings. The summed E-state index contributed by atoms with van der Waals surface area (Å²) in [5.41, 5.74) is 2.50. The molecule has 3 heterocycles. The molecule has 2 aromatic heterocycles. The van der Waals surface area contributed by atoms with Crippen LogP contribution in [0.1, 0.15) is 25.5 Å². The van der Waals surface area contributed by atoms with Crippen LogP contribution in [0.15, 0.2) is 42.7 Å². The molecule has 1 saturated heterocycles. The average molecular weight is 324 g/mol. The summed E-state index contributed by atoms with van der Waals surface area (Å²) in [6.07, 6.45) is 6.28. The number of ether oxygens (including phenoxy) is 1. The lowest BCUT2D eigenvalue weighted by molar-refractivity contribution is -0.384. The van der Waals surface area contributed by atoms with Crippen molar-refractivity contribution in [2.75, 3.05) is 6.61 Å². The molecule has 3 aromatic rings. The minimum absolute atomic E-state index is 0.0573. The highest BCUT2D eigenvalue weighted by atomic mass is 16.6. The maximum atomic E-state index is 11.1. The molecular formula is C17H16N4O3. The third kappa shape index (κ3) is 2.52. The van der Waals surface area contributed by atoms with Gasteiger partial charge in [0.05, 0.1) is 10.4 Å². The summed E-state index contributed by atoms with van der Waals surface area (Å²) in [6, 6.07) is 8.56. The maximum absolute atomic E-state index is 11.1. The van der Waals surface area contributed by atoms with E-state index in [0.717, 1.165) is 35.7 Å². The molecule has 0 bridgehead atoms. The summed E-state index contributed by atoms with van der Waals surface area (Å²) >= 11 is 0. The number of rotatable bonds is 3. The molecule has 122 valence electrons. The lowest BCUT2D eigenvalue weighted by Gasteiger charge is -2.23. The molecule has 24 heavy (non-hydrogen) atoms. The second kappa shape index (κ2) is 6.01. The largest absolute Gasteiger partial charge is 0.356 e. The summed E-state index contributed by atoms with van der Waals surface area (Å²) in [5, 5.41) is 16.6. The molecule has 0 amide bonds. The monoisotopic (exact) mass is 324 g/mol. The summed E-state index contributed by atoms with van der Waals surface area (Å²) in [5.74, 6) is 0. The minimum Gasteiger partial charge on any atom is -0.356 e. The van der Waals surface area contributed by atoms with Crippen LogP contribution in [-0.2, 0) is 4.74 Å². The van der Waals surface area contributed by atoms with Crippen LogP contribution < -0.4 is 0 Å². The Balaban J connectivity index is 1.92. The Hall–Kier alpha value is -2.80. The fraction of sp³-hybridized carbons (Fsp3) is 0.294. The summed E-state index contributed by atoms with van der Waals surface area (Å²) in [6.45, 7) is 0.712. The molecule has 0 unspecified atom stereocenters. The Bertz CT molecular complexity index is 885. The number of non-ortho nitro benzene ring substituents is 1. The third-order valence-electron chi connectivity index (χ3n) is 4.28. The first kappa shape index (κ1) is 14.8. The van der Waals surface area contributed by atoms with E-state index in [2.05, 4.69) is 4.98 Å². The van der Waals surface area contributed by atoms with Gasteiger partial charge in [-0.1, -0.05) is 0 Å². The van der Waals surface area contributed by atoms with Gasteiger partial charge in [-0.15, -0.1) is 0 Å². The van der Waals surface area contributed by atoms with E-state index in [1.807, 2.05) is 16.8 Å². The van der Waals surface area contributed by atoms with Crippen LogP contribution in [0, 0.1) is 10.1 Å². The quantitative estimate of drug-likeness (QED) is 0.542. The van der Waals surface area contributed by atoms with Crippen molar-refractivity contribution in [3.8, 4) is 11.3 Å². The Morgan fingerprint density at radius 1 is 1.21 bits per heavy atom. The first-order chi connectivity index (χ1) is 11.7. The number of hydrogen-bond acceptors (Lipinski definition) is 5. The smallest absolute Gasteiger partial charge is 0.270 e. The predicted molar refractivity (Wildman–Crippen MR) is 88.5 cm³/mol. The Labute approximate surface area is 138 Å². The molecule has 0 saturated carbocycles. The van der Waals surface area contributed by atoms with Gasteiger partial charge < -0.3 is 4.74 Å². The van der Waals surface area contributed by atoms with Crippen molar-refractivity contribution < 1.29 is 9.66 Å². The van der Waals surface area contributed by atoms with Gasteiger partial charge in [0.2, 0.25) is 0 Å². The molecular weight excluding hydrogens is 308 g/mol. The second-order valence-corrected chi connectivity index (χ2v) is 5.81. The van der Waals surface area contributed by atoms with E-state index in [1.165, 1.54) is 6.07 Å². The van der Waals surface area contributed by atoms with Crippen LogP contribution in [0.25, 0.3) is 22.2 Å². The summed E-state index contributed by atoms with van der Waals surface area (Å²) in [4.78, 5) is 14.8. The van der Waals surface area contributed by atoms with E-state index in [4.69, 9.17) is 9.84 Å². The second-order valence-electron chi connectivity index (χ2n) is 5.81. The Morgan fingerprint density at radius 3 is 2.75 bits per heavy atom. The predicted octanol–water partition coefficient (Wildman–Crippen LogP) is 3.71. The zero-order chi connectivity index (χ0) is 16.5. The third-order valence-corrected chi connectivity index (χ3v) is 4.28. The molecule has 7 heteroatoms. The van der Waals surface area contributed by atoms with Gasteiger partial charge in [-0.3, -0.25) is 15.1 Å². The van der Waals surface area contributed by atoms with Gasteiger partial charge in [-0.2, -0.15) is 5.10 Å². The van der Waals surface area contributed by atoms with Gasteiger partial charge >= 0.3 is 0 Å². The van der Waals surface area contributed by atoms with Gasteiger partial charge in [0.25, 0.3) is 5.69 Å². The van der Waals surface area contributed by atoms with E-state index in [1.54, 1.807) is 24.5 Å². The molecule has 0 N–H and O–H groups in total.